The lowest BCUT2D eigenvalue weighted by atomic mass is 10.00. The Balaban J connectivity index is 1.86. The van der Waals surface area contributed by atoms with Crippen LogP contribution in [0.15, 0.2) is 0 Å². The minimum Gasteiger partial charge on any atom is -0.343 e. The van der Waals surface area contributed by atoms with Gasteiger partial charge in [0, 0.05) is 6.04 Å². The minimum absolute atomic E-state index is 0.0755. The van der Waals surface area contributed by atoms with E-state index in [0.717, 1.165) is 25.7 Å². The van der Waals surface area contributed by atoms with E-state index in [1.807, 2.05) is 4.90 Å². The van der Waals surface area contributed by atoms with Crippen molar-refractivity contribution in [2.45, 2.75) is 63.6 Å². The molecule has 94 valence electrons. The van der Waals surface area contributed by atoms with Crippen molar-refractivity contribution in [2.24, 2.45) is 5.92 Å². The van der Waals surface area contributed by atoms with Crippen LogP contribution in [0.25, 0.3) is 0 Å². The van der Waals surface area contributed by atoms with Crippen molar-refractivity contribution < 1.29 is 9.59 Å². The smallest absolute Gasteiger partial charge is 0.245 e. The van der Waals surface area contributed by atoms with Crippen LogP contribution in [0.4, 0.5) is 0 Å². The van der Waals surface area contributed by atoms with Crippen LogP contribution in [0.5, 0.6) is 0 Å². The standard InChI is InChI=1S/C13H20N2O2/c1-8-13(17)15(10-4-2-3-5-10)11(9-6-7-9)12(16)14-8/h8-11H,2-7H2,1H3,(H,14,16). The summed E-state index contributed by atoms with van der Waals surface area (Å²) in [6.07, 6.45) is 6.75. The van der Waals surface area contributed by atoms with E-state index in [2.05, 4.69) is 5.32 Å². The normalized spacial score (nSPS) is 35.2. The first-order chi connectivity index (χ1) is 8.18. The number of carbonyl (C=O) groups is 2. The summed E-state index contributed by atoms with van der Waals surface area (Å²) in [4.78, 5) is 26.3. The maximum Gasteiger partial charge on any atom is 0.245 e. The van der Waals surface area contributed by atoms with Crippen molar-refractivity contribution in [3.63, 3.8) is 0 Å². The molecule has 3 rings (SSSR count). The quantitative estimate of drug-likeness (QED) is 0.779. The van der Waals surface area contributed by atoms with Crippen molar-refractivity contribution in [3.05, 3.63) is 0 Å². The van der Waals surface area contributed by atoms with Gasteiger partial charge in [0.2, 0.25) is 11.8 Å². The second kappa shape index (κ2) is 4.00. The number of hydrogen-bond acceptors (Lipinski definition) is 2. The maximum atomic E-state index is 12.3. The number of nitrogens with zero attached hydrogens (tertiary/aromatic N) is 1. The first-order valence-corrected chi connectivity index (χ1v) is 6.81. The predicted molar refractivity (Wildman–Crippen MR) is 63.2 cm³/mol. The highest BCUT2D eigenvalue weighted by atomic mass is 16.2. The average Bonchev–Trinajstić information content (AvgIpc) is 2.98. The van der Waals surface area contributed by atoms with Gasteiger partial charge >= 0.3 is 0 Å². The summed E-state index contributed by atoms with van der Waals surface area (Å²) in [7, 11) is 0. The largest absolute Gasteiger partial charge is 0.343 e. The molecule has 0 bridgehead atoms. The van der Waals surface area contributed by atoms with Crippen LogP contribution < -0.4 is 5.32 Å². The van der Waals surface area contributed by atoms with Gasteiger partial charge in [-0.2, -0.15) is 0 Å². The van der Waals surface area contributed by atoms with Crippen LogP contribution in [-0.4, -0.2) is 34.8 Å². The third-order valence-corrected chi connectivity index (χ3v) is 4.34. The fourth-order valence-corrected chi connectivity index (χ4v) is 3.29. The second-order valence-electron chi connectivity index (χ2n) is 5.70. The molecule has 3 fully saturated rings. The molecule has 4 heteroatoms. The predicted octanol–water partition coefficient (Wildman–Crippen LogP) is 1.05. The van der Waals surface area contributed by atoms with Gasteiger partial charge in [0.05, 0.1) is 0 Å². The molecule has 2 unspecified atom stereocenters. The zero-order valence-corrected chi connectivity index (χ0v) is 10.3. The highest BCUT2D eigenvalue weighted by Gasteiger charge is 2.49. The third-order valence-electron chi connectivity index (χ3n) is 4.34. The SMILES string of the molecule is CC1NC(=O)C(C2CC2)N(C2CCCC2)C1=O. The summed E-state index contributed by atoms with van der Waals surface area (Å²) < 4.78 is 0. The minimum atomic E-state index is -0.335. The van der Waals surface area contributed by atoms with E-state index in [4.69, 9.17) is 0 Å². The molecule has 17 heavy (non-hydrogen) atoms. The molecular weight excluding hydrogens is 216 g/mol. The summed E-state index contributed by atoms with van der Waals surface area (Å²) in [5.74, 6) is 0.631. The number of amides is 2. The van der Waals surface area contributed by atoms with Gasteiger partial charge in [0.1, 0.15) is 12.1 Å². The molecule has 3 aliphatic rings. The Morgan fingerprint density at radius 2 is 1.76 bits per heavy atom. The molecule has 4 nitrogen and oxygen atoms in total. The van der Waals surface area contributed by atoms with Gasteiger partial charge in [0.15, 0.2) is 0 Å². The summed E-state index contributed by atoms with van der Waals surface area (Å²) in [6.45, 7) is 1.80. The Morgan fingerprint density at radius 1 is 1.12 bits per heavy atom. The molecule has 1 aliphatic heterocycles. The molecular formula is C13H20N2O2. The molecule has 0 aromatic rings. The lowest BCUT2D eigenvalue weighted by molar-refractivity contribution is -0.152. The van der Waals surface area contributed by atoms with Gasteiger partial charge in [-0.25, -0.2) is 0 Å². The van der Waals surface area contributed by atoms with Gasteiger partial charge in [-0.15, -0.1) is 0 Å². The van der Waals surface area contributed by atoms with Crippen LogP contribution in [0.1, 0.15) is 45.4 Å². The average molecular weight is 236 g/mol. The van der Waals surface area contributed by atoms with Gasteiger partial charge in [-0.3, -0.25) is 9.59 Å². The Hall–Kier alpha value is -1.06. The van der Waals surface area contributed by atoms with Crippen LogP contribution in [0.3, 0.4) is 0 Å². The molecule has 2 amide bonds. The Morgan fingerprint density at radius 3 is 2.35 bits per heavy atom. The highest BCUT2D eigenvalue weighted by molar-refractivity contribution is 5.97. The van der Waals surface area contributed by atoms with Crippen molar-refractivity contribution >= 4 is 11.8 Å². The Labute approximate surface area is 102 Å². The van der Waals surface area contributed by atoms with E-state index in [1.54, 1.807) is 6.92 Å². The fraction of sp³-hybridized carbons (Fsp3) is 0.846. The third kappa shape index (κ3) is 1.83. The first kappa shape index (κ1) is 11.1. The monoisotopic (exact) mass is 236 g/mol. The number of nitrogens with one attached hydrogen (secondary N) is 1. The molecule has 1 saturated heterocycles. The van der Waals surface area contributed by atoms with Gasteiger partial charge in [-0.1, -0.05) is 12.8 Å². The summed E-state index contributed by atoms with van der Waals surface area (Å²) in [5, 5.41) is 2.82. The van der Waals surface area contributed by atoms with Crippen LogP contribution in [0, 0.1) is 5.92 Å². The van der Waals surface area contributed by atoms with E-state index in [9.17, 15) is 9.59 Å². The van der Waals surface area contributed by atoms with Gasteiger partial charge in [-0.05, 0) is 38.5 Å². The lowest BCUT2D eigenvalue weighted by Gasteiger charge is -2.41. The molecule has 1 N–H and O–H groups in total. The molecule has 1 heterocycles. The first-order valence-electron chi connectivity index (χ1n) is 6.81. The maximum absolute atomic E-state index is 12.3. The number of hydrogen-bond donors (Lipinski definition) is 1. The van der Waals surface area contributed by atoms with Gasteiger partial charge in [0.25, 0.3) is 0 Å². The molecule has 2 atom stereocenters. The van der Waals surface area contributed by atoms with Crippen LogP contribution in [-0.2, 0) is 9.59 Å². The van der Waals surface area contributed by atoms with Gasteiger partial charge < -0.3 is 10.2 Å². The summed E-state index contributed by atoms with van der Waals surface area (Å²) in [5.41, 5.74) is 0. The number of rotatable bonds is 2. The van der Waals surface area contributed by atoms with E-state index >= 15 is 0 Å². The van der Waals surface area contributed by atoms with Crippen molar-refractivity contribution in [1.82, 2.24) is 10.2 Å². The van der Waals surface area contributed by atoms with Crippen molar-refractivity contribution in [3.8, 4) is 0 Å². The molecule has 2 aliphatic carbocycles. The van der Waals surface area contributed by atoms with Crippen LogP contribution >= 0.6 is 0 Å². The topological polar surface area (TPSA) is 49.4 Å². The van der Waals surface area contributed by atoms with Crippen molar-refractivity contribution in [2.75, 3.05) is 0 Å². The number of piperazine rings is 1. The van der Waals surface area contributed by atoms with E-state index < -0.39 is 0 Å². The molecule has 0 aromatic heterocycles. The van der Waals surface area contributed by atoms with Crippen molar-refractivity contribution in [1.29, 1.82) is 0 Å². The summed E-state index contributed by atoms with van der Waals surface area (Å²) >= 11 is 0. The zero-order chi connectivity index (χ0) is 12.0. The van der Waals surface area contributed by atoms with Crippen LogP contribution in [0.2, 0.25) is 0 Å². The number of carbonyl (C=O) groups excluding carboxylic acids is 2. The van der Waals surface area contributed by atoms with E-state index in [-0.39, 0.29) is 23.9 Å². The second-order valence-corrected chi connectivity index (χ2v) is 5.70. The Bertz CT molecular complexity index is 345. The lowest BCUT2D eigenvalue weighted by Crippen LogP contribution is -2.65. The molecule has 2 saturated carbocycles. The van der Waals surface area contributed by atoms with E-state index in [0.29, 0.717) is 12.0 Å². The highest BCUT2D eigenvalue weighted by Crippen LogP contribution is 2.39. The van der Waals surface area contributed by atoms with E-state index in [1.165, 1.54) is 12.8 Å². The Kier molecular flexibility index (Phi) is 2.60. The zero-order valence-electron chi connectivity index (χ0n) is 10.3. The molecule has 0 radical (unpaired) electrons. The molecule has 0 spiro atoms. The molecule has 0 aromatic carbocycles. The summed E-state index contributed by atoms with van der Waals surface area (Å²) in [6, 6.07) is -0.179. The fourth-order valence-electron chi connectivity index (χ4n) is 3.29.